The van der Waals surface area contributed by atoms with Crippen LogP contribution in [0.25, 0.3) is 0 Å². The number of rotatable bonds is 5. The van der Waals surface area contributed by atoms with Gasteiger partial charge in [0.1, 0.15) is 11.6 Å². The van der Waals surface area contributed by atoms with Crippen LogP contribution in [0.1, 0.15) is 43.5 Å². The molecule has 26 heavy (non-hydrogen) atoms. The minimum Gasteiger partial charge on any atom is -0.492 e. The van der Waals surface area contributed by atoms with E-state index in [1.165, 1.54) is 12.8 Å². The third-order valence-electron chi connectivity index (χ3n) is 6.00. The van der Waals surface area contributed by atoms with E-state index in [4.69, 9.17) is 16.3 Å². The van der Waals surface area contributed by atoms with Crippen LogP contribution in [0.2, 0.25) is 5.02 Å². The van der Waals surface area contributed by atoms with Gasteiger partial charge >= 0.3 is 0 Å². The summed E-state index contributed by atoms with van der Waals surface area (Å²) in [7, 11) is -3.79. The summed E-state index contributed by atoms with van der Waals surface area (Å²) in [6.45, 7) is 5.04. The van der Waals surface area contributed by atoms with Crippen molar-refractivity contribution in [2.75, 3.05) is 12.9 Å². The first-order valence-electron chi connectivity index (χ1n) is 8.63. The van der Waals surface area contributed by atoms with Gasteiger partial charge in [-0.2, -0.15) is 0 Å². The molecule has 3 atom stereocenters. The first kappa shape index (κ1) is 19.4. The van der Waals surface area contributed by atoms with Crippen molar-refractivity contribution in [3.63, 3.8) is 0 Å². The molecule has 1 aromatic rings. The molecular weight excluding hydrogens is 381 g/mol. The van der Waals surface area contributed by atoms with Gasteiger partial charge in [-0.05, 0) is 48.5 Å². The van der Waals surface area contributed by atoms with Crippen LogP contribution in [0, 0.1) is 29.0 Å². The maximum atomic E-state index is 14.2. The van der Waals surface area contributed by atoms with Gasteiger partial charge in [-0.15, -0.1) is 0 Å². The molecule has 2 bridgehead atoms. The van der Waals surface area contributed by atoms with Gasteiger partial charge < -0.3 is 4.74 Å². The van der Waals surface area contributed by atoms with Crippen molar-refractivity contribution in [3.8, 4) is 5.75 Å². The molecule has 144 valence electrons. The SMILES string of the molecule is CC1(C)[C@@H]2CC[C@@H](COc3cc(F)c(C(=O)NS(C)(=O)=O)cc3Cl)[C@H]1C2. The maximum absolute atomic E-state index is 14.2. The second-order valence-electron chi connectivity index (χ2n) is 7.97. The summed E-state index contributed by atoms with van der Waals surface area (Å²) in [5.41, 5.74) is -0.108. The van der Waals surface area contributed by atoms with E-state index >= 15 is 0 Å². The lowest BCUT2D eigenvalue weighted by atomic mass is 9.46. The fraction of sp³-hybridized carbons (Fsp3) is 0.611. The molecule has 1 amide bonds. The number of benzene rings is 1. The minimum atomic E-state index is -3.79. The summed E-state index contributed by atoms with van der Waals surface area (Å²) in [5.74, 6) is 0.0231. The van der Waals surface area contributed by atoms with E-state index < -0.39 is 27.3 Å². The van der Waals surface area contributed by atoms with Gasteiger partial charge in [0.2, 0.25) is 10.0 Å². The number of hydrogen-bond acceptors (Lipinski definition) is 4. The number of amides is 1. The molecule has 3 saturated carbocycles. The zero-order valence-corrected chi connectivity index (χ0v) is 16.6. The number of carbonyl (C=O) groups excluding carboxylic acids is 1. The van der Waals surface area contributed by atoms with Crippen LogP contribution in [0.4, 0.5) is 4.39 Å². The fourth-order valence-electron chi connectivity index (χ4n) is 4.40. The Balaban J connectivity index is 1.70. The first-order chi connectivity index (χ1) is 12.0. The maximum Gasteiger partial charge on any atom is 0.267 e. The van der Waals surface area contributed by atoms with E-state index in [0.29, 0.717) is 23.9 Å². The average molecular weight is 404 g/mol. The summed E-state index contributed by atoms with van der Waals surface area (Å²) in [6.07, 6.45) is 4.31. The summed E-state index contributed by atoms with van der Waals surface area (Å²) in [4.78, 5) is 11.8. The molecule has 3 fully saturated rings. The third-order valence-corrected chi connectivity index (χ3v) is 6.85. The summed E-state index contributed by atoms with van der Waals surface area (Å²) in [5, 5.41) is 0.0756. The minimum absolute atomic E-state index is 0.0756. The van der Waals surface area contributed by atoms with Gasteiger partial charge in [0.15, 0.2) is 0 Å². The third kappa shape index (κ3) is 3.69. The van der Waals surface area contributed by atoms with Crippen molar-refractivity contribution < 1.29 is 22.3 Å². The quantitative estimate of drug-likeness (QED) is 0.814. The van der Waals surface area contributed by atoms with Gasteiger partial charge in [0, 0.05) is 6.07 Å². The zero-order chi connectivity index (χ0) is 19.3. The molecule has 0 unspecified atom stereocenters. The van der Waals surface area contributed by atoms with Crippen molar-refractivity contribution in [3.05, 3.63) is 28.5 Å². The Labute approximate surface area is 158 Å². The largest absolute Gasteiger partial charge is 0.492 e. The Morgan fingerprint density at radius 1 is 1.38 bits per heavy atom. The van der Waals surface area contributed by atoms with E-state index in [-0.39, 0.29) is 10.8 Å². The number of fused-ring (bicyclic) bond motifs is 2. The van der Waals surface area contributed by atoms with E-state index in [1.54, 1.807) is 4.72 Å². The number of carbonyl (C=O) groups is 1. The van der Waals surface area contributed by atoms with Crippen LogP contribution in [-0.4, -0.2) is 27.2 Å². The molecule has 1 aromatic carbocycles. The summed E-state index contributed by atoms with van der Waals surface area (Å²) < 4.78 is 44.0. The molecule has 0 saturated heterocycles. The summed E-state index contributed by atoms with van der Waals surface area (Å²) in [6, 6.07) is 2.13. The molecule has 0 spiro atoms. The Hall–Kier alpha value is -1.34. The van der Waals surface area contributed by atoms with Crippen LogP contribution >= 0.6 is 11.6 Å². The monoisotopic (exact) mass is 403 g/mol. The van der Waals surface area contributed by atoms with Crippen molar-refractivity contribution in [2.24, 2.45) is 23.2 Å². The predicted octanol–water partition coefficient (Wildman–Crippen LogP) is 3.62. The Morgan fingerprint density at radius 3 is 2.65 bits per heavy atom. The van der Waals surface area contributed by atoms with Crippen LogP contribution < -0.4 is 9.46 Å². The Kier molecular flexibility index (Phi) is 4.99. The molecule has 0 aromatic heterocycles. The van der Waals surface area contributed by atoms with E-state index in [9.17, 15) is 17.6 Å². The highest BCUT2D eigenvalue weighted by Gasteiger charge is 2.54. The van der Waals surface area contributed by atoms with E-state index in [1.807, 2.05) is 0 Å². The lowest BCUT2D eigenvalue weighted by molar-refractivity contribution is -0.114. The van der Waals surface area contributed by atoms with Gasteiger partial charge in [-0.25, -0.2) is 17.5 Å². The fourth-order valence-corrected chi connectivity index (χ4v) is 5.06. The van der Waals surface area contributed by atoms with Crippen molar-refractivity contribution in [1.29, 1.82) is 0 Å². The molecule has 0 aliphatic heterocycles. The predicted molar refractivity (Wildman–Crippen MR) is 97.3 cm³/mol. The average Bonchev–Trinajstić information content (AvgIpc) is 2.53. The van der Waals surface area contributed by atoms with Crippen LogP contribution in [0.15, 0.2) is 12.1 Å². The molecule has 1 N–H and O–H groups in total. The Morgan fingerprint density at radius 2 is 2.08 bits per heavy atom. The highest BCUT2D eigenvalue weighted by molar-refractivity contribution is 7.89. The molecule has 4 rings (SSSR count). The number of hydrogen-bond donors (Lipinski definition) is 1. The van der Waals surface area contributed by atoms with Crippen molar-refractivity contribution >= 4 is 27.5 Å². The zero-order valence-electron chi connectivity index (χ0n) is 15.0. The van der Waals surface area contributed by atoms with Gasteiger partial charge in [0.25, 0.3) is 5.91 Å². The molecule has 0 radical (unpaired) electrons. The second-order valence-corrected chi connectivity index (χ2v) is 10.1. The second kappa shape index (κ2) is 6.68. The van der Waals surface area contributed by atoms with Gasteiger partial charge in [0.05, 0.1) is 23.4 Å². The van der Waals surface area contributed by atoms with Crippen LogP contribution in [-0.2, 0) is 10.0 Å². The highest BCUT2D eigenvalue weighted by Crippen LogP contribution is 2.61. The lowest BCUT2D eigenvalue weighted by Crippen LogP contribution is -2.53. The summed E-state index contributed by atoms with van der Waals surface area (Å²) >= 11 is 6.12. The molecule has 5 nitrogen and oxygen atoms in total. The van der Waals surface area contributed by atoms with Gasteiger partial charge in [-0.1, -0.05) is 25.4 Å². The topological polar surface area (TPSA) is 72.5 Å². The first-order valence-corrected chi connectivity index (χ1v) is 10.9. The molecule has 3 aliphatic rings. The number of ether oxygens (including phenoxy) is 1. The highest BCUT2D eigenvalue weighted by atomic mass is 35.5. The normalized spacial score (nSPS) is 26.7. The standard InChI is InChI=1S/C18H23ClFNO4S/c1-18(2)11-5-4-10(13(18)6-11)9-25-16-8-15(20)12(7-14(16)19)17(22)21-26(3,23)24/h7-8,10-11,13H,4-6,9H2,1-3H3,(H,21,22)/t10-,11+,13+/m0/s1. The van der Waals surface area contributed by atoms with Crippen LogP contribution in [0.5, 0.6) is 5.75 Å². The smallest absolute Gasteiger partial charge is 0.267 e. The van der Waals surface area contributed by atoms with Crippen LogP contribution in [0.3, 0.4) is 0 Å². The van der Waals surface area contributed by atoms with E-state index in [0.717, 1.165) is 30.7 Å². The van der Waals surface area contributed by atoms with Gasteiger partial charge in [-0.3, -0.25) is 4.79 Å². The number of nitrogens with one attached hydrogen (secondary N) is 1. The molecule has 8 heteroatoms. The molecule has 3 aliphatic carbocycles. The lowest BCUT2D eigenvalue weighted by Gasteiger charge is -2.60. The Bertz CT molecular complexity index is 838. The molecular formula is C18H23ClFNO4S. The molecule has 0 heterocycles. The number of sulfonamides is 1. The van der Waals surface area contributed by atoms with E-state index in [2.05, 4.69) is 13.8 Å². The van der Waals surface area contributed by atoms with Crippen molar-refractivity contribution in [1.82, 2.24) is 4.72 Å². The van der Waals surface area contributed by atoms with Crippen molar-refractivity contribution in [2.45, 2.75) is 33.1 Å². The number of halogens is 2.